The highest BCUT2D eigenvalue weighted by molar-refractivity contribution is 7.89. The minimum absolute atomic E-state index is 0.179. The number of rotatable bonds is 7. The molecule has 0 unspecified atom stereocenters. The summed E-state index contributed by atoms with van der Waals surface area (Å²) in [5.41, 5.74) is 0. The average Bonchev–Trinajstić information content (AvgIpc) is 2.94. The molecule has 1 saturated heterocycles. The van der Waals surface area contributed by atoms with E-state index in [2.05, 4.69) is 31.1 Å². The molecule has 6 nitrogen and oxygen atoms in total. The first-order valence-electron chi connectivity index (χ1n) is 8.16. The molecule has 1 N–H and O–H groups in total. The highest BCUT2D eigenvalue weighted by atomic mass is 32.2. The highest BCUT2D eigenvalue weighted by Gasteiger charge is 2.30. The molecule has 0 atom stereocenters. The third-order valence-electron chi connectivity index (χ3n) is 4.05. The topological polar surface area (TPSA) is 67.2 Å². The summed E-state index contributed by atoms with van der Waals surface area (Å²) >= 11 is 0. The Labute approximate surface area is 134 Å². The summed E-state index contributed by atoms with van der Waals surface area (Å²) in [7, 11) is -3.44. The Morgan fingerprint density at radius 2 is 2.05 bits per heavy atom. The van der Waals surface area contributed by atoms with E-state index < -0.39 is 10.0 Å². The summed E-state index contributed by atoms with van der Waals surface area (Å²) in [5.74, 6) is 1.04. The van der Waals surface area contributed by atoms with Gasteiger partial charge in [-0.1, -0.05) is 20.8 Å². The van der Waals surface area contributed by atoms with Gasteiger partial charge in [-0.25, -0.2) is 13.4 Å². The van der Waals surface area contributed by atoms with Crippen molar-refractivity contribution in [2.75, 3.05) is 26.2 Å². The van der Waals surface area contributed by atoms with E-state index in [0.717, 1.165) is 32.5 Å². The lowest BCUT2D eigenvalue weighted by atomic mass is 9.98. The Kier molecular flexibility index (Phi) is 6.00. The van der Waals surface area contributed by atoms with Gasteiger partial charge in [0.2, 0.25) is 0 Å². The van der Waals surface area contributed by atoms with E-state index in [1.54, 1.807) is 16.8 Å². The zero-order chi connectivity index (χ0) is 16.2. The zero-order valence-corrected chi connectivity index (χ0v) is 14.6. The molecule has 0 saturated carbocycles. The van der Waals surface area contributed by atoms with Gasteiger partial charge in [-0.2, -0.15) is 4.31 Å². The first-order valence-corrected chi connectivity index (χ1v) is 9.60. The van der Waals surface area contributed by atoms with E-state index in [1.807, 2.05) is 4.57 Å². The predicted molar refractivity (Wildman–Crippen MR) is 87.1 cm³/mol. The molecule has 0 aromatic carbocycles. The van der Waals surface area contributed by atoms with Gasteiger partial charge in [0.15, 0.2) is 5.03 Å². The minimum atomic E-state index is -3.44. The van der Waals surface area contributed by atoms with Crippen molar-refractivity contribution >= 4 is 10.0 Å². The molecule has 1 fully saturated rings. The van der Waals surface area contributed by atoms with Crippen LogP contribution in [0.2, 0.25) is 0 Å². The molecule has 2 rings (SSSR count). The van der Waals surface area contributed by atoms with Crippen molar-refractivity contribution in [1.82, 2.24) is 19.2 Å². The standard InChI is InChI=1S/C15H28N4O2S/c1-4-16-9-14-5-7-19(8-6-14)22(20,21)15-11-18(12-17-15)10-13(2)3/h11-14,16H,4-10H2,1-3H3. The van der Waals surface area contributed by atoms with Gasteiger partial charge < -0.3 is 9.88 Å². The van der Waals surface area contributed by atoms with Crippen molar-refractivity contribution in [2.45, 2.75) is 45.2 Å². The molecule has 2 heterocycles. The monoisotopic (exact) mass is 328 g/mol. The predicted octanol–water partition coefficient (Wildman–Crippen LogP) is 1.55. The van der Waals surface area contributed by atoms with E-state index >= 15 is 0 Å². The smallest absolute Gasteiger partial charge is 0.262 e. The molecule has 0 aliphatic carbocycles. The Bertz CT molecular complexity index is 560. The van der Waals surface area contributed by atoms with Crippen molar-refractivity contribution in [3.8, 4) is 0 Å². The van der Waals surface area contributed by atoms with E-state index in [0.29, 0.717) is 24.9 Å². The fourth-order valence-electron chi connectivity index (χ4n) is 2.83. The van der Waals surface area contributed by atoms with E-state index in [1.165, 1.54) is 0 Å². The maximum absolute atomic E-state index is 12.6. The van der Waals surface area contributed by atoms with Crippen LogP contribution in [0.4, 0.5) is 0 Å². The van der Waals surface area contributed by atoms with Gasteiger partial charge in [-0.15, -0.1) is 0 Å². The van der Waals surface area contributed by atoms with E-state index in [4.69, 9.17) is 0 Å². The van der Waals surface area contributed by atoms with Crippen molar-refractivity contribution in [3.05, 3.63) is 12.5 Å². The molecule has 1 aromatic heterocycles. The van der Waals surface area contributed by atoms with Crippen molar-refractivity contribution in [1.29, 1.82) is 0 Å². The summed E-state index contributed by atoms with van der Waals surface area (Å²) in [6, 6.07) is 0. The van der Waals surface area contributed by atoms with E-state index in [-0.39, 0.29) is 5.03 Å². The molecule has 1 aliphatic heterocycles. The Balaban J connectivity index is 1.98. The average molecular weight is 328 g/mol. The molecular formula is C15H28N4O2S. The van der Waals surface area contributed by atoms with Crippen molar-refractivity contribution < 1.29 is 8.42 Å². The number of imidazole rings is 1. The molecule has 0 spiro atoms. The van der Waals surface area contributed by atoms with Gasteiger partial charge in [0.05, 0.1) is 6.33 Å². The summed E-state index contributed by atoms with van der Waals surface area (Å²) < 4.78 is 28.7. The Morgan fingerprint density at radius 1 is 1.36 bits per heavy atom. The van der Waals surface area contributed by atoms with Gasteiger partial charge >= 0.3 is 0 Å². The zero-order valence-electron chi connectivity index (χ0n) is 13.8. The SMILES string of the molecule is CCNCC1CCN(S(=O)(=O)c2cn(CC(C)C)cn2)CC1. The van der Waals surface area contributed by atoms with Crippen molar-refractivity contribution in [3.63, 3.8) is 0 Å². The fraction of sp³-hybridized carbons (Fsp3) is 0.800. The number of aromatic nitrogens is 2. The maximum atomic E-state index is 12.6. The lowest BCUT2D eigenvalue weighted by Crippen LogP contribution is -2.40. The highest BCUT2D eigenvalue weighted by Crippen LogP contribution is 2.22. The van der Waals surface area contributed by atoms with Gasteiger partial charge in [-0.05, 0) is 37.8 Å². The Hall–Kier alpha value is -0.920. The summed E-state index contributed by atoms with van der Waals surface area (Å²) in [4.78, 5) is 4.11. The van der Waals surface area contributed by atoms with Gasteiger partial charge in [0, 0.05) is 25.8 Å². The molecule has 0 bridgehead atoms. The number of nitrogens with zero attached hydrogens (tertiary/aromatic N) is 3. The van der Waals surface area contributed by atoms with Crippen LogP contribution in [0.5, 0.6) is 0 Å². The summed E-state index contributed by atoms with van der Waals surface area (Å²) in [6.07, 6.45) is 5.10. The Morgan fingerprint density at radius 3 is 2.64 bits per heavy atom. The first kappa shape index (κ1) is 17.4. The first-order chi connectivity index (χ1) is 10.4. The van der Waals surface area contributed by atoms with Crippen LogP contribution in [0.3, 0.4) is 0 Å². The van der Waals surface area contributed by atoms with Gasteiger partial charge in [0.25, 0.3) is 10.0 Å². The van der Waals surface area contributed by atoms with Gasteiger partial charge in [-0.3, -0.25) is 0 Å². The molecule has 22 heavy (non-hydrogen) atoms. The van der Waals surface area contributed by atoms with E-state index in [9.17, 15) is 8.42 Å². The van der Waals surface area contributed by atoms with Crippen LogP contribution >= 0.6 is 0 Å². The third kappa shape index (κ3) is 4.30. The number of nitrogens with one attached hydrogen (secondary N) is 1. The number of sulfonamides is 1. The molecule has 0 radical (unpaired) electrons. The fourth-order valence-corrected chi connectivity index (χ4v) is 4.23. The lowest BCUT2D eigenvalue weighted by molar-refractivity contribution is 0.268. The molecular weight excluding hydrogens is 300 g/mol. The van der Waals surface area contributed by atoms with Crippen LogP contribution in [0.1, 0.15) is 33.6 Å². The molecule has 7 heteroatoms. The normalized spacial score (nSPS) is 18.2. The molecule has 126 valence electrons. The number of hydrogen-bond acceptors (Lipinski definition) is 4. The lowest BCUT2D eigenvalue weighted by Gasteiger charge is -2.30. The molecule has 0 amide bonds. The van der Waals surface area contributed by atoms with Crippen LogP contribution in [0.15, 0.2) is 17.6 Å². The maximum Gasteiger partial charge on any atom is 0.262 e. The van der Waals surface area contributed by atoms with Crippen LogP contribution < -0.4 is 5.32 Å². The second-order valence-corrected chi connectivity index (χ2v) is 8.34. The summed E-state index contributed by atoms with van der Waals surface area (Å²) in [5, 5.41) is 3.52. The quantitative estimate of drug-likeness (QED) is 0.825. The van der Waals surface area contributed by atoms with Crippen LogP contribution in [-0.2, 0) is 16.6 Å². The molecule has 1 aliphatic rings. The largest absolute Gasteiger partial charge is 0.336 e. The van der Waals surface area contributed by atoms with Crippen molar-refractivity contribution in [2.24, 2.45) is 11.8 Å². The van der Waals surface area contributed by atoms with Gasteiger partial charge in [0.1, 0.15) is 0 Å². The summed E-state index contributed by atoms with van der Waals surface area (Å²) in [6.45, 7) is 10.2. The second-order valence-electron chi connectivity index (χ2n) is 6.46. The number of hydrogen-bond donors (Lipinski definition) is 1. The second kappa shape index (κ2) is 7.57. The number of piperidine rings is 1. The molecule has 1 aromatic rings. The van der Waals surface area contributed by atoms with Crippen LogP contribution in [0.25, 0.3) is 0 Å². The van der Waals surface area contributed by atoms with Crippen LogP contribution in [0, 0.1) is 11.8 Å². The minimum Gasteiger partial charge on any atom is -0.336 e. The van der Waals surface area contributed by atoms with Crippen LogP contribution in [-0.4, -0.2) is 48.5 Å². The third-order valence-corrected chi connectivity index (χ3v) is 5.83.